The summed E-state index contributed by atoms with van der Waals surface area (Å²) in [7, 11) is 1.30. The second-order valence-electron chi connectivity index (χ2n) is 5.46. The Morgan fingerprint density at radius 3 is 2.50 bits per heavy atom. The lowest BCUT2D eigenvalue weighted by atomic mass is 10.2. The molecule has 0 aliphatic carbocycles. The topological polar surface area (TPSA) is 144 Å². The maximum absolute atomic E-state index is 12.1. The SMILES string of the molecule is COC(=O)c1ccccc1Nc1ncnc(NNC(=O)c2ccncc2)c1N. The maximum Gasteiger partial charge on any atom is 0.339 e. The van der Waals surface area contributed by atoms with Gasteiger partial charge in [-0.25, -0.2) is 14.8 Å². The zero-order valence-corrected chi connectivity index (χ0v) is 14.8. The van der Waals surface area contributed by atoms with Crippen molar-refractivity contribution >= 4 is 34.9 Å². The van der Waals surface area contributed by atoms with E-state index in [0.717, 1.165) is 0 Å². The van der Waals surface area contributed by atoms with Gasteiger partial charge in [0.2, 0.25) is 0 Å². The lowest BCUT2D eigenvalue weighted by molar-refractivity contribution is 0.0601. The van der Waals surface area contributed by atoms with Crippen molar-refractivity contribution in [1.29, 1.82) is 0 Å². The number of hydrazine groups is 1. The molecule has 0 spiro atoms. The van der Waals surface area contributed by atoms with Crippen molar-refractivity contribution in [3.8, 4) is 0 Å². The Hall–Kier alpha value is -4.21. The van der Waals surface area contributed by atoms with Gasteiger partial charge in [-0.3, -0.25) is 20.6 Å². The van der Waals surface area contributed by atoms with Gasteiger partial charge >= 0.3 is 5.97 Å². The molecule has 10 nitrogen and oxygen atoms in total. The summed E-state index contributed by atoms with van der Waals surface area (Å²) >= 11 is 0. The number of carbonyl (C=O) groups is 2. The number of aromatic nitrogens is 3. The maximum atomic E-state index is 12.1. The van der Waals surface area contributed by atoms with E-state index in [1.54, 1.807) is 36.4 Å². The molecule has 142 valence electrons. The van der Waals surface area contributed by atoms with E-state index in [-0.39, 0.29) is 23.2 Å². The standard InChI is InChI=1S/C18H17N7O3/c1-28-18(27)12-4-2-3-5-13(12)23-15-14(19)16(22-10-21-15)24-25-17(26)11-6-8-20-9-7-11/h2-10H,19H2,1H3,(H,25,26)(H2,21,22,23,24). The summed E-state index contributed by atoms with van der Waals surface area (Å²) < 4.78 is 4.77. The minimum atomic E-state index is -0.501. The van der Waals surface area contributed by atoms with Crippen LogP contribution < -0.4 is 21.9 Å². The van der Waals surface area contributed by atoms with Crippen molar-refractivity contribution < 1.29 is 14.3 Å². The van der Waals surface area contributed by atoms with Crippen molar-refractivity contribution in [3.63, 3.8) is 0 Å². The van der Waals surface area contributed by atoms with E-state index in [0.29, 0.717) is 16.8 Å². The highest BCUT2D eigenvalue weighted by Crippen LogP contribution is 2.27. The third-order valence-electron chi connectivity index (χ3n) is 3.71. The summed E-state index contributed by atoms with van der Waals surface area (Å²) in [5, 5.41) is 2.98. The van der Waals surface area contributed by atoms with Gasteiger partial charge in [0.15, 0.2) is 11.6 Å². The number of ether oxygens (including phenoxy) is 1. The summed E-state index contributed by atoms with van der Waals surface area (Å²) in [6, 6.07) is 9.89. The number of benzene rings is 1. The summed E-state index contributed by atoms with van der Waals surface area (Å²) in [6.07, 6.45) is 4.28. The number of rotatable bonds is 6. The highest BCUT2D eigenvalue weighted by atomic mass is 16.5. The van der Waals surface area contributed by atoms with E-state index in [9.17, 15) is 9.59 Å². The van der Waals surface area contributed by atoms with Crippen molar-refractivity contribution in [2.24, 2.45) is 0 Å². The number of nitrogen functional groups attached to an aromatic ring is 1. The van der Waals surface area contributed by atoms with Crippen LogP contribution in [0.15, 0.2) is 55.1 Å². The lowest BCUT2D eigenvalue weighted by Crippen LogP contribution is -2.30. The summed E-state index contributed by atoms with van der Waals surface area (Å²) in [6.45, 7) is 0. The minimum Gasteiger partial charge on any atom is -0.465 e. The molecular formula is C18H17N7O3. The zero-order valence-electron chi connectivity index (χ0n) is 14.8. The molecule has 28 heavy (non-hydrogen) atoms. The fourth-order valence-electron chi connectivity index (χ4n) is 2.29. The van der Waals surface area contributed by atoms with Crippen LogP contribution in [0.1, 0.15) is 20.7 Å². The quantitative estimate of drug-likeness (QED) is 0.372. The van der Waals surface area contributed by atoms with Gasteiger partial charge in [0, 0.05) is 18.0 Å². The molecule has 2 aromatic heterocycles. The molecule has 0 aliphatic rings. The van der Waals surface area contributed by atoms with E-state index >= 15 is 0 Å². The molecule has 10 heteroatoms. The first-order valence-electron chi connectivity index (χ1n) is 8.11. The molecule has 0 fully saturated rings. The van der Waals surface area contributed by atoms with Crippen molar-refractivity contribution in [1.82, 2.24) is 20.4 Å². The highest BCUT2D eigenvalue weighted by Gasteiger charge is 2.15. The first-order chi connectivity index (χ1) is 13.6. The van der Waals surface area contributed by atoms with Crippen LogP contribution in [0.5, 0.6) is 0 Å². The predicted octanol–water partition coefficient (Wildman–Crippen LogP) is 1.74. The zero-order chi connectivity index (χ0) is 19.9. The Bertz CT molecular complexity index is 995. The molecule has 0 bridgehead atoms. The van der Waals surface area contributed by atoms with Crippen molar-refractivity contribution in [2.45, 2.75) is 0 Å². The first-order valence-corrected chi connectivity index (χ1v) is 8.11. The Kier molecular flexibility index (Phi) is 5.60. The van der Waals surface area contributed by atoms with E-state index in [2.05, 4.69) is 31.1 Å². The third-order valence-corrected chi connectivity index (χ3v) is 3.71. The van der Waals surface area contributed by atoms with Crippen LogP contribution in [0, 0.1) is 0 Å². The van der Waals surface area contributed by atoms with Crippen LogP contribution in [0.3, 0.4) is 0 Å². The monoisotopic (exact) mass is 379 g/mol. The van der Waals surface area contributed by atoms with E-state index in [4.69, 9.17) is 10.5 Å². The molecule has 0 atom stereocenters. The number of anilines is 4. The lowest BCUT2D eigenvalue weighted by Gasteiger charge is -2.14. The number of hydrogen-bond donors (Lipinski definition) is 4. The van der Waals surface area contributed by atoms with Gasteiger partial charge in [-0.05, 0) is 24.3 Å². The number of nitrogens with zero attached hydrogens (tertiary/aromatic N) is 3. The molecule has 2 heterocycles. The number of nitrogens with two attached hydrogens (primary N) is 1. The number of esters is 1. The van der Waals surface area contributed by atoms with Crippen LogP contribution in [-0.4, -0.2) is 33.9 Å². The van der Waals surface area contributed by atoms with Crippen LogP contribution in [-0.2, 0) is 4.74 Å². The van der Waals surface area contributed by atoms with Gasteiger partial charge in [-0.1, -0.05) is 12.1 Å². The van der Waals surface area contributed by atoms with Gasteiger partial charge in [0.1, 0.15) is 12.0 Å². The summed E-state index contributed by atoms with van der Waals surface area (Å²) in [5.74, 6) is -0.438. The normalized spacial score (nSPS) is 10.0. The van der Waals surface area contributed by atoms with Crippen LogP contribution in [0.2, 0.25) is 0 Å². The van der Waals surface area contributed by atoms with Gasteiger partial charge in [0.25, 0.3) is 5.91 Å². The van der Waals surface area contributed by atoms with E-state index in [1.807, 2.05) is 0 Å². The smallest absolute Gasteiger partial charge is 0.339 e. The molecule has 0 saturated heterocycles. The number of amides is 1. The molecule has 3 aromatic rings. The molecule has 0 aliphatic heterocycles. The van der Waals surface area contributed by atoms with E-state index in [1.165, 1.54) is 25.8 Å². The summed E-state index contributed by atoms with van der Waals surface area (Å²) in [4.78, 5) is 36.0. The molecular weight excluding hydrogens is 362 g/mol. The number of hydrogen-bond acceptors (Lipinski definition) is 9. The Morgan fingerprint density at radius 1 is 1.04 bits per heavy atom. The number of nitrogens with one attached hydrogen (secondary N) is 3. The minimum absolute atomic E-state index is 0.150. The molecule has 1 aromatic carbocycles. The van der Waals surface area contributed by atoms with E-state index < -0.39 is 5.97 Å². The Labute approximate surface area is 160 Å². The fourth-order valence-corrected chi connectivity index (χ4v) is 2.29. The number of pyridine rings is 1. The second kappa shape index (κ2) is 8.45. The third kappa shape index (κ3) is 4.12. The van der Waals surface area contributed by atoms with Gasteiger partial charge in [0.05, 0.1) is 18.4 Å². The molecule has 5 N–H and O–H groups in total. The van der Waals surface area contributed by atoms with Crippen molar-refractivity contribution in [2.75, 3.05) is 23.6 Å². The molecule has 0 radical (unpaired) electrons. The predicted molar refractivity (Wildman–Crippen MR) is 103 cm³/mol. The largest absolute Gasteiger partial charge is 0.465 e. The molecule has 0 unspecified atom stereocenters. The number of methoxy groups -OCH3 is 1. The van der Waals surface area contributed by atoms with Gasteiger partial charge < -0.3 is 15.8 Å². The number of para-hydroxylation sites is 1. The molecule has 0 saturated carbocycles. The fraction of sp³-hybridized carbons (Fsp3) is 0.0556. The molecule has 3 rings (SSSR count). The summed E-state index contributed by atoms with van der Waals surface area (Å²) in [5.41, 5.74) is 12.6. The Morgan fingerprint density at radius 2 is 1.75 bits per heavy atom. The van der Waals surface area contributed by atoms with Crippen LogP contribution >= 0.6 is 0 Å². The Balaban J connectivity index is 1.77. The first kappa shape index (κ1) is 18.6. The number of carbonyl (C=O) groups excluding carboxylic acids is 2. The van der Waals surface area contributed by atoms with Gasteiger partial charge in [-0.2, -0.15) is 0 Å². The average Bonchev–Trinajstić information content (AvgIpc) is 2.74. The van der Waals surface area contributed by atoms with Crippen LogP contribution in [0.4, 0.5) is 23.0 Å². The van der Waals surface area contributed by atoms with Crippen molar-refractivity contribution in [3.05, 3.63) is 66.2 Å². The highest BCUT2D eigenvalue weighted by molar-refractivity contribution is 5.97. The average molecular weight is 379 g/mol. The van der Waals surface area contributed by atoms with Gasteiger partial charge in [-0.15, -0.1) is 0 Å². The van der Waals surface area contributed by atoms with Crippen LogP contribution in [0.25, 0.3) is 0 Å². The second-order valence-corrected chi connectivity index (χ2v) is 5.46. The molecule has 1 amide bonds.